The van der Waals surface area contributed by atoms with E-state index in [1.807, 2.05) is 0 Å². The Kier molecular flexibility index (Phi) is 3.53. The summed E-state index contributed by atoms with van der Waals surface area (Å²) in [5.74, 6) is 0.748. The molecule has 70 valence electrons. The highest BCUT2D eigenvalue weighted by atomic mass is 16.1. The number of carbonyl (C=O) groups excluding carboxylic acids is 1. The first kappa shape index (κ1) is 9.52. The first-order valence-corrected chi connectivity index (χ1v) is 4.68. The molecule has 1 unspecified atom stereocenters. The van der Waals surface area contributed by atoms with Crippen LogP contribution in [0.15, 0.2) is 0 Å². The Balaban J connectivity index is 2.18. The first-order chi connectivity index (χ1) is 5.68. The summed E-state index contributed by atoms with van der Waals surface area (Å²) in [5, 5.41) is 6.19. The SMILES string of the molecule is CC(C)NCC1CCNC(=O)C1. The Morgan fingerprint density at radius 1 is 1.67 bits per heavy atom. The van der Waals surface area contributed by atoms with Crippen molar-refractivity contribution in [1.29, 1.82) is 0 Å². The fourth-order valence-electron chi connectivity index (χ4n) is 1.43. The molecule has 2 N–H and O–H groups in total. The van der Waals surface area contributed by atoms with Gasteiger partial charge in [0.05, 0.1) is 0 Å². The quantitative estimate of drug-likeness (QED) is 0.648. The first-order valence-electron chi connectivity index (χ1n) is 4.68. The Hall–Kier alpha value is -0.570. The second kappa shape index (κ2) is 4.45. The molecule has 0 spiro atoms. The summed E-state index contributed by atoms with van der Waals surface area (Å²) >= 11 is 0. The van der Waals surface area contributed by atoms with Gasteiger partial charge in [0.15, 0.2) is 0 Å². The summed E-state index contributed by atoms with van der Waals surface area (Å²) in [4.78, 5) is 11.0. The van der Waals surface area contributed by atoms with Crippen LogP contribution in [0.5, 0.6) is 0 Å². The summed E-state index contributed by atoms with van der Waals surface area (Å²) in [7, 11) is 0. The zero-order valence-corrected chi connectivity index (χ0v) is 7.89. The molecule has 0 aromatic carbocycles. The van der Waals surface area contributed by atoms with Crippen molar-refractivity contribution >= 4 is 5.91 Å². The lowest BCUT2D eigenvalue weighted by atomic mass is 9.97. The van der Waals surface area contributed by atoms with Crippen LogP contribution in [0.3, 0.4) is 0 Å². The molecule has 1 aliphatic rings. The molecule has 0 aliphatic carbocycles. The van der Waals surface area contributed by atoms with Gasteiger partial charge in [-0.3, -0.25) is 4.79 Å². The Bertz CT molecular complexity index is 157. The summed E-state index contributed by atoms with van der Waals surface area (Å²) in [6.45, 7) is 6.08. The van der Waals surface area contributed by atoms with Gasteiger partial charge in [-0.25, -0.2) is 0 Å². The molecule has 0 radical (unpaired) electrons. The van der Waals surface area contributed by atoms with Gasteiger partial charge in [-0.15, -0.1) is 0 Å². The van der Waals surface area contributed by atoms with E-state index in [0.29, 0.717) is 18.4 Å². The van der Waals surface area contributed by atoms with Gasteiger partial charge in [-0.1, -0.05) is 13.8 Å². The van der Waals surface area contributed by atoms with Crippen molar-refractivity contribution in [3.63, 3.8) is 0 Å². The van der Waals surface area contributed by atoms with E-state index < -0.39 is 0 Å². The zero-order chi connectivity index (χ0) is 8.97. The molecule has 1 aliphatic heterocycles. The second-order valence-electron chi connectivity index (χ2n) is 3.77. The number of piperidine rings is 1. The smallest absolute Gasteiger partial charge is 0.220 e. The summed E-state index contributed by atoms with van der Waals surface area (Å²) in [6.07, 6.45) is 1.81. The molecule has 3 heteroatoms. The third-order valence-corrected chi connectivity index (χ3v) is 2.16. The molecular weight excluding hydrogens is 152 g/mol. The van der Waals surface area contributed by atoms with Crippen LogP contribution in [0.25, 0.3) is 0 Å². The molecule has 3 nitrogen and oxygen atoms in total. The average Bonchev–Trinajstić information content (AvgIpc) is 2.01. The topological polar surface area (TPSA) is 41.1 Å². The number of rotatable bonds is 3. The molecule has 1 rings (SSSR count). The van der Waals surface area contributed by atoms with Crippen LogP contribution in [-0.4, -0.2) is 25.0 Å². The van der Waals surface area contributed by atoms with Crippen LogP contribution >= 0.6 is 0 Å². The molecule has 0 saturated carbocycles. The molecule has 12 heavy (non-hydrogen) atoms. The van der Waals surface area contributed by atoms with Gasteiger partial charge in [-0.2, -0.15) is 0 Å². The highest BCUT2D eigenvalue weighted by molar-refractivity contribution is 5.76. The second-order valence-corrected chi connectivity index (χ2v) is 3.77. The number of hydrogen-bond donors (Lipinski definition) is 2. The molecule has 0 aromatic rings. The molecule has 0 aromatic heterocycles. The molecule has 1 fully saturated rings. The summed E-state index contributed by atoms with van der Waals surface area (Å²) < 4.78 is 0. The fraction of sp³-hybridized carbons (Fsp3) is 0.889. The Morgan fingerprint density at radius 3 is 3.00 bits per heavy atom. The number of hydrogen-bond acceptors (Lipinski definition) is 2. The van der Waals surface area contributed by atoms with Gasteiger partial charge in [0.25, 0.3) is 0 Å². The molecule has 1 amide bonds. The number of nitrogens with one attached hydrogen (secondary N) is 2. The highest BCUT2D eigenvalue weighted by Crippen LogP contribution is 2.10. The van der Waals surface area contributed by atoms with E-state index in [1.165, 1.54) is 0 Å². The minimum absolute atomic E-state index is 0.205. The van der Waals surface area contributed by atoms with Crippen molar-refractivity contribution in [1.82, 2.24) is 10.6 Å². The van der Waals surface area contributed by atoms with Crippen molar-refractivity contribution in [2.45, 2.75) is 32.7 Å². The fourth-order valence-corrected chi connectivity index (χ4v) is 1.43. The van der Waals surface area contributed by atoms with Gasteiger partial charge in [0, 0.05) is 19.0 Å². The summed E-state index contributed by atoms with van der Waals surface area (Å²) in [6, 6.07) is 0.523. The third-order valence-electron chi connectivity index (χ3n) is 2.16. The maximum absolute atomic E-state index is 11.0. The zero-order valence-electron chi connectivity index (χ0n) is 7.89. The van der Waals surface area contributed by atoms with Crippen molar-refractivity contribution < 1.29 is 4.79 Å². The van der Waals surface area contributed by atoms with E-state index in [2.05, 4.69) is 24.5 Å². The van der Waals surface area contributed by atoms with E-state index in [9.17, 15) is 4.79 Å². The predicted octanol–water partition coefficient (Wildman–Crippen LogP) is 0.511. The van der Waals surface area contributed by atoms with E-state index >= 15 is 0 Å². The van der Waals surface area contributed by atoms with E-state index in [1.54, 1.807) is 0 Å². The van der Waals surface area contributed by atoms with Crippen LogP contribution < -0.4 is 10.6 Å². The Morgan fingerprint density at radius 2 is 2.42 bits per heavy atom. The number of amides is 1. The van der Waals surface area contributed by atoms with E-state index in [0.717, 1.165) is 19.5 Å². The average molecular weight is 170 g/mol. The van der Waals surface area contributed by atoms with Gasteiger partial charge >= 0.3 is 0 Å². The molecule has 1 heterocycles. The number of carbonyl (C=O) groups is 1. The minimum atomic E-state index is 0.205. The van der Waals surface area contributed by atoms with Gasteiger partial charge in [0.2, 0.25) is 5.91 Å². The Labute approximate surface area is 73.9 Å². The lowest BCUT2D eigenvalue weighted by molar-refractivity contribution is -0.123. The van der Waals surface area contributed by atoms with Crippen LogP contribution in [0, 0.1) is 5.92 Å². The van der Waals surface area contributed by atoms with Crippen LogP contribution in [0.1, 0.15) is 26.7 Å². The highest BCUT2D eigenvalue weighted by Gasteiger charge is 2.18. The van der Waals surface area contributed by atoms with Gasteiger partial charge in [-0.05, 0) is 18.9 Å². The normalized spacial score (nSPS) is 24.2. The van der Waals surface area contributed by atoms with Crippen molar-refractivity contribution in [2.24, 2.45) is 5.92 Å². The maximum atomic E-state index is 11.0. The molecule has 1 atom stereocenters. The lowest BCUT2D eigenvalue weighted by Gasteiger charge is -2.23. The predicted molar refractivity (Wildman–Crippen MR) is 48.9 cm³/mol. The van der Waals surface area contributed by atoms with Crippen LogP contribution in [-0.2, 0) is 4.79 Å². The maximum Gasteiger partial charge on any atom is 0.220 e. The van der Waals surface area contributed by atoms with Crippen molar-refractivity contribution in [3.8, 4) is 0 Å². The van der Waals surface area contributed by atoms with Crippen molar-refractivity contribution in [2.75, 3.05) is 13.1 Å². The molecule has 0 bridgehead atoms. The van der Waals surface area contributed by atoms with Crippen LogP contribution in [0.2, 0.25) is 0 Å². The van der Waals surface area contributed by atoms with Crippen molar-refractivity contribution in [3.05, 3.63) is 0 Å². The third kappa shape index (κ3) is 3.22. The van der Waals surface area contributed by atoms with Crippen LogP contribution in [0.4, 0.5) is 0 Å². The largest absolute Gasteiger partial charge is 0.356 e. The van der Waals surface area contributed by atoms with Gasteiger partial charge in [0.1, 0.15) is 0 Å². The molecular formula is C9H18N2O. The lowest BCUT2D eigenvalue weighted by Crippen LogP contribution is -2.39. The monoisotopic (exact) mass is 170 g/mol. The van der Waals surface area contributed by atoms with E-state index in [-0.39, 0.29) is 5.91 Å². The molecule has 1 saturated heterocycles. The summed E-state index contributed by atoms with van der Waals surface area (Å²) in [5.41, 5.74) is 0. The standard InChI is InChI=1S/C9H18N2O/c1-7(2)11-6-8-3-4-10-9(12)5-8/h7-8,11H,3-6H2,1-2H3,(H,10,12). The minimum Gasteiger partial charge on any atom is -0.356 e. The van der Waals surface area contributed by atoms with E-state index in [4.69, 9.17) is 0 Å². The van der Waals surface area contributed by atoms with Gasteiger partial charge < -0.3 is 10.6 Å².